The van der Waals surface area contributed by atoms with E-state index in [2.05, 4.69) is 20.9 Å². The van der Waals surface area contributed by atoms with Crippen molar-refractivity contribution in [2.24, 2.45) is 4.99 Å². The first-order valence-electron chi connectivity index (χ1n) is 9.08. The Hall–Kier alpha value is -2.99. The number of halogens is 1. The van der Waals surface area contributed by atoms with Gasteiger partial charge in [0.1, 0.15) is 5.75 Å². The maximum absolute atomic E-state index is 12.2. The standard InChI is InChI=1S/C23H21BrN2O3/c1-13-22(15(3)27)23(16(4)28)14(2)26(13)20-8-6-5-7-19(20)25-12-17-11-18(24)9-10-21(17)29/h5-12,29H,1-4H3. The number of aromatic nitrogens is 1. The van der Waals surface area contributed by atoms with E-state index in [0.717, 1.165) is 10.2 Å². The van der Waals surface area contributed by atoms with Crippen molar-refractivity contribution >= 4 is 39.4 Å². The second-order valence-corrected chi connectivity index (χ2v) is 7.73. The van der Waals surface area contributed by atoms with E-state index in [1.807, 2.05) is 42.7 Å². The van der Waals surface area contributed by atoms with Crippen molar-refractivity contribution in [1.82, 2.24) is 4.57 Å². The van der Waals surface area contributed by atoms with Gasteiger partial charge in [-0.05, 0) is 58.0 Å². The molecule has 0 saturated carbocycles. The van der Waals surface area contributed by atoms with Gasteiger partial charge in [-0.25, -0.2) is 0 Å². The molecule has 0 aliphatic carbocycles. The molecule has 1 N–H and O–H groups in total. The number of hydrogen-bond donors (Lipinski definition) is 1. The van der Waals surface area contributed by atoms with Gasteiger partial charge in [0.25, 0.3) is 0 Å². The molecule has 1 aromatic heterocycles. The number of aromatic hydroxyl groups is 1. The van der Waals surface area contributed by atoms with E-state index in [9.17, 15) is 14.7 Å². The number of aliphatic imine (C=N–C) groups is 1. The maximum atomic E-state index is 12.2. The molecule has 0 bridgehead atoms. The summed E-state index contributed by atoms with van der Waals surface area (Å²) in [6.07, 6.45) is 1.59. The Bertz CT molecular complexity index is 1120. The van der Waals surface area contributed by atoms with Crippen LogP contribution in [0.1, 0.15) is 51.5 Å². The Kier molecular flexibility index (Phi) is 5.84. The molecule has 3 aromatic rings. The van der Waals surface area contributed by atoms with Crippen LogP contribution in [0.15, 0.2) is 51.9 Å². The molecule has 0 amide bonds. The van der Waals surface area contributed by atoms with Crippen molar-refractivity contribution in [1.29, 1.82) is 0 Å². The Morgan fingerprint density at radius 3 is 2.17 bits per heavy atom. The molecule has 29 heavy (non-hydrogen) atoms. The van der Waals surface area contributed by atoms with Crippen LogP contribution in [0, 0.1) is 13.8 Å². The number of carbonyl (C=O) groups is 2. The third kappa shape index (κ3) is 3.93. The molecule has 1 heterocycles. The fraction of sp³-hybridized carbons (Fsp3) is 0.174. The zero-order chi connectivity index (χ0) is 21.3. The molecule has 148 valence electrons. The summed E-state index contributed by atoms with van der Waals surface area (Å²) in [7, 11) is 0. The van der Waals surface area contributed by atoms with E-state index in [1.165, 1.54) is 13.8 Å². The first-order valence-corrected chi connectivity index (χ1v) is 9.87. The van der Waals surface area contributed by atoms with Gasteiger partial charge in [-0.15, -0.1) is 0 Å². The summed E-state index contributed by atoms with van der Waals surface area (Å²) in [6.45, 7) is 6.60. The summed E-state index contributed by atoms with van der Waals surface area (Å²) >= 11 is 3.39. The average molecular weight is 453 g/mol. The largest absolute Gasteiger partial charge is 0.507 e. The fourth-order valence-electron chi connectivity index (χ4n) is 3.59. The molecule has 5 nitrogen and oxygen atoms in total. The van der Waals surface area contributed by atoms with Crippen LogP contribution in [-0.4, -0.2) is 27.5 Å². The van der Waals surface area contributed by atoms with E-state index < -0.39 is 0 Å². The molecule has 0 radical (unpaired) electrons. The summed E-state index contributed by atoms with van der Waals surface area (Å²) < 4.78 is 2.72. The summed E-state index contributed by atoms with van der Waals surface area (Å²) in [5.41, 5.74) is 4.27. The molecule has 0 aliphatic rings. The van der Waals surface area contributed by atoms with Crippen LogP contribution in [0.4, 0.5) is 5.69 Å². The van der Waals surface area contributed by atoms with Gasteiger partial charge in [-0.3, -0.25) is 14.6 Å². The van der Waals surface area contributed by atoms with Crippen molar-refractivity contribution < 1.29 is 14.7 Å². The predicted molar refractivity (Wildman–Crippen MR) is 118 cm³/mol. The Balaban J connectivity index is 2.19. The smallest absolute Gasteiger partial charge is 0.162 e. The number of Topliss-reactive ketones (excluding diaryl/α,β-unsaturated/α-hetero) is 2. The van der Waals surface area contributed by atoms with Gasteiger partial charge >= 0.3 is 0 Å². The van der Waals surface area contributed by atoms with Gasteiger partial charge in [-0.2, -0.15) is 0 Å². The molecule has 3 rings (SSSR count). The van der Waals surface area contributed by atoms with Crippen LogP contribution in [0.2, 0.25) is 0 Å². The van der Waals surface area contributed by atoms with E-state index in [4.69, 9.17) is 0 Å². The van der Waals surface area contributed by atoms with Crippen LogP contribution in [-0.2, 0) is 0 Å². The molecule has 6 heteroatoms. The molecule has 0 atom stereocenters. The lowest BCUT2D eigenvalue weighted by Gasteiger charge is -2.12. The van der Waals surface area contributed by atoms with E-state index in [0.29, 0.717) is 33.8 Å². The van der Waals surface area contributed by atoms with Crippen molar-refractivity contribution in [2.45, 2.75) is 27.7 Å². The number of carbonyl (C=O) groups excluding carboxylic acids is 2. The number of ketones is 2. The predicted octanol–water partition coefficient (Wildman–Crippen LogP) is 5.72. The minimum Gasteiger partial charge on any atom is -0.507 e. The van der Waals surface area contributed by atoms with Gasteiger partial charge < -0.3 is 9.67 Å². The van der Waals surface area contributed by atoms with Crippen molar-refractivity contribution in [3.05, 3.63) is 75.0 Å². The van der Waals surface area contributed by atoms with Crippen LogP contribution < -0.4 is 0 Å². The van der Waals surface area contributed by atoms with E-state index in [1.54, 1.807) is 24.4 Å². The van der Waals surface area contributed by atoms with Crippen LogP contribution in [0.3, 0.4) is 0 Å². The zero-order valence-corrected chi connectivity index (χ0v) is 18.2. The van der Waals surface area contributed by atoms with E-state index in [-0.39, 0.29) is 17.3 Å². The second kappa shape index (κ2) is 8.17. The number of phenols is 1. The molecular formula is C23H21BrN2O3. The minimum atomic E-state index is -0.144. The molecule has 0 aliphatic heterocycles. The van der Waals surface area contributed by atoms with Crippen LogP contribution in [0.25, 0.3) is 5.69 Å². The normalized spacial score (nSPS) is 11.2. The number of hydrogen-bond acceptors (Lipinski definition) is 4. The highest BCUT2D eigenvalue weighted by molar-refractivity contribution is 9.10. The van der Waals surface area contributed by atoms with Crippen molar-refractivity contribution in [3.63, 3.8) is 0 Å². The number of benzene rings is 2. The molecule has 2 aromatic carbocycles. The number of nitrogens with zero attached hydrogens (tertiary/aromatic N) is 2. The fourth-order valence-corrected chi connectivity index (χ4v) is 3.97. The highest BCUT2D eigenvalue weighted by Gasteiger charge is 2.24. The molecule has 0 fully saturated rings. The highest BCUT2D eigenvalue weighted by Crippen LogP contribution is 2.32. The molecule has 0 saturated heterocycles. The van der Waals surface area contributed by atoms with Gasteiger partial charge in [0, 0.05) is 38.8 Å². The summed E-state index contributed by atoms with van der Waals surface area (Å²) in [4.78, 5) is 29.0. The topological polar surface area (TPSA) is 71.7 Å². The van der Waals surface area contributed by atoms with Crippen molar-refractivity contribution in [3.8, 4) is 11.4 Å². The number of rotatable bonds is 5. The number of para-hydroxylation sites is 2. The lowest BCUT2D eigenvalue weighted by Crippen LogP contribution is -2.02. The minimum absolute atomic E-state index is 0.125. The molecule has 0 spiro atoms. The van der Waals surface area contributed by atoms with Gasteiger partial charge in [0.05, 0.1) is 11.4 Å². The van der Waals surface area contributed by atoms with E-state index >= 15 is 0 Å². The maximum Gasteiger partial charge on any atom is 0.162 e. The van der Waals surface area contributed by atoms with Crippen LogP contribution in [0.5, 0.6) is 5.75 Å². The SMILES string of the molecule is CC(=O)c1c(C(C)=O)c(C)n(-c2ccccc2N=Cc2cc(Br)ccc2O)c1C. The first-order chi connectivity index (χ1) is 13.7. The lowest BCUT2D eigenvalue weighted by atomic mass is 10.0. The Morgan fingerprint density at radius 1 is 1.00 bits per heavy atom. The molecular weight excluding hydrogens is 432 g/mol. The summed E-state index contributed by atoms with van der Waals surface area (Å²) in [5, 5.41) is 10.1. The zero-order valence-electron chi connectivity index (χ0n) is 16.7. The van der Waals surface area contributed by atoms with Gasteiger partial charge in [0.2, 0.25) is 0 Å². The third-order valence-electron chi connectivity index (χ3n) is 4.80. The third-order valence-corrected chi connectivity index (χ3v) is 5.30. The Morgan fingerprint density at radius 2 is 1.59 bits per heavy atom. The molecule has 0 unspecified atom stereocenters. The van der Waals surface area contributed by atoms with Gasteiger partial charge in [-0.1, -0.05) is 28.1 Å². The van der Waals surface area contributed by atoms with Gasteiger partial charge in [0.15, 0.2) is 11.6 Å². The quantitative estimate of drug-likeness (QED) is 0.397. The highest BCUT2D eigenvalue weighted by atomic mass is 79.9. The number of phenolic OH excluding ortho intramolecular Hbond substituents is 1. The average Bonchev–Trinajstić information content (AvgIpc) is 2.93. The summed E-state index contributed by atoms with van der Waals surface area (Å²) in [5.74, 6) is -0.162. The Labute approximate surface area is 177 Å². The lowest BCUT2D eigenvalue weighted by molar-refractivity contribution is 0.0981. The first kappa shape index (κ1) is 20.7. The monoisotopic (exact) mass is 452 g/mol. The second-order valence-electron chi connectivity index (χ2n) is 6.82. The van der Waals surface area contributed by atoms with Crippen molar-refractivity contribution in [2.75, 3.05) is 0 Å². The van der Waals surface area contributed by atoms with Crippen LogP contribution >= 0.6 is 15.9 Å². The summed E-state index contributed by atoms with van der Waals surface area (Å²) in [6, 6.07) is 12.6.